The quantitative estimate of drug-likeness (QED) is 0.367. The number of hydrogen-bond acceptors (Lipinski definition) is 6. The largest absolute Gasteiger partial charge is 0.494 e. The van der Waals surface area contributed by atoms with Crippen molar-refractivity contribution in [1.82, 2.24) is 19.7 Å². The molecule has 2 aromatic carbocycles. The van der Waals surface area contributed by atoms with Gasteiger partial charge in [0, 0.05) is 59.7 Å². The molecule has 5 rings (SSSR count). The second-order valence-electron chi connectivity index (χ2n) is 9.18. The summed E-state index contributed by atoms with van der Waals surface area (Å²) in [4.78, 5) is 15.9. The lowest BCUT2D eigenvalue weighted by Crippen LogP contribution is -2.29. The van der Waals surface area contributed by atoms with Gasteiger partial charge in [-0.25, -0.2) is 4.79 Å². The molecule has 1 aliphatic rings. The van der Waals surface area contributed by atoms with Gasteiger partial charge in [0.1, 0.15) is 11.5 Å². The number of aryl methyl sites for hydroxylation is 3. The van der Waals surface area contributed by atoms with Crippen molar-refractivity contribution in [2.75, 3.05) is 44.1 Å². The first kappa shape index (κ1) is 24.4. The number of fused-ring (bicyclic) bond motifs is 1. The number of aromatic nitrogens is 3. The van der Waals surface area contributed by atoms with Gasteiger partial charge in [-0.3, -0.25) is 4.90 Å². The fraction of sp³-hybridized carbons (Fsp3) is 0.321. The Morgan fingerprint density at radius 1 is 0.973 bits per heavy atom. The lowest BCUT2D eigenvalue weighted by atomic mass is 10.1. The first-order chi connectivity index (χ1) is 17.8. The Hall–Kier alpha value is -4.27. The SMILES string of the molecule is CCOc1ccc(-n2c(C)c3c(C)nnc(Nc4ccc(N5CCN(C)C5=O)cc4)c3c2C)c(OC)c1. The monoisotopic (exact) mass is 500 g/mol. The molecule has 1 N–H and O–H groups in total. The molecule has 2 aromatic heterocycles. The van der Waals surface area contributed by atoms with Crippen LogP contribution in [-0.2, 0) is 0 Å². The van der Waals surface area contributed by atoms with Crippen molar-refractivity contribution in [3.8, 4) is 17.2 Å². The Morgan fingerprint density at radius 2 is 1.70 bits per heavy atom. The third-order valence-corrected chi connectivity index (χ3v) is 6.90. The van der Waals surface area contributed by atoms with Crippen molar-refractivity contribution in [2.45, 2.75) is 27.7 Å². The minimum atomic E-state index is 0.0176. The predicted octanol–water partition coefficient (Wildman–Crippen LogP) is 5.37. The molecule has 2 amide bonds. The van der Waals surface area contributed by atoms with Gasteiger partial charge in [0.05, 0.1) is 25.1 Å². The average Bonchev–Trinajstić information content (AvgIpc) is 3.37. The van der Waals surface area contributed by atoms with Crippen LogP contribution < -0.4 is 19.7 Å². The van der Waals surface area contributed by atoms with Crippen molar-refractivity contribution >= 4 is 34.0 Å². The van der Waals surface area contributed by atoms with E-state index in [0.717, 1.165) is 63.0 Å². The van der Waals surface area contributed by atoms with Crippen LogP contribution in [0.5, 0.6) is 11.5 Å². The summed E-state index contributed by atoms with van der Waals surface area (Å²) in [6.07, 6.45) is 0. The van der Waals surface area contributed by atoms with Gasteiger partial charge in [0.2, 0.25) is 0 Å². The van der Waals surface area contributed by atoms with Crippen molar-refractivity contribution in [2.24, 2.45) is 0 Å². The number of carbonyl (C=O) groups is 1. The molecule has 9 nitrogen and oxygen atoms in total. The minimum absolute atomic E-state index is 0.0176. The number of benzene rings is 2. The fourth-order valence-electron chi connectivity index (χ4n) is 5.09. The predicted molar refractivity (Wildman–Crippen MR) is 146 cm³/mol. The van der Waals surface area contributed by atoms with Gasteiger partial charge < -0.3 is 24.3 Å². The summed E-state index contributed by atoms with van der Waals surface area (Å²) in [5.41, 5.74) is 5.60. The number of amides is 2. The molecule has 37 heavy (non-hydrogen) atoms. The molecule has 0 aliphatic carbocycles. The maximum atomic E-state index is 12.3. The first-order valence-corrected chi connectivity index (χ1v) is 12.4. The summed E-state index contributed by atoms with van der Waals surface area (Å²) in [7, 11) is 3.49. The van der Waals surface area contributed by atoms with Crippen LogP contribution >= 0.6 is 0 Å². The van der Waals surface area contributed by atoms with E-state index in [-0.39, 0.29) is 6.03 Å². The van der Waals surface area contributed by atoms with Crippen LogP contribution in [0.1, 0.15) is 24.0 Å². The molecule has 0 bridgehead atoms. The molecular weight excluding hydrogens is 468 g/mol. The van der Waals surface area contributed by atoms with Gasteiger partial charge in [-0.2, -0.15) is 5.10 Å². The Morgan fingerprint density at radius 3 is 2.35 bits per heavy atom. The highest BCUT2D eigenvalue weighted by Gasteiger charge is 2.26. The van der Waals surface area contributed by atoms with Crippen LogP contribution in [0.4, 0.5) is 22.0 Å². The van der Waals surface area contributed by atoms with Gasteiger partial charge in [0.15, 0.2) is 5.82 Å². The molecule has 0 atom stereocenters. The normalized spacial score (nSPS) is 13.5. The molecule has 9 heteroatoms. The zero-order chi connectivity index (χ0) is 26.3. The van der Waals surface area contributed by atoms with Gasteiger partial charge in [-0.1, -0.05) is 0 Å². The summed E-state index contributed by atoms with van der Waals surface area (Å²) in [5.74, 6) is 2.17. The zero-order valence-electron chi connectivity index (χ0n) is 22.1. The molecule has 1 fully saturated rings. The fourth-order valence-corrected chi connectivity index (χ4v) is 5.09. The second-order valence-corrected chi connectivity index (χ2v) is 9.18. The van der Waals surface area contributed by atoms with E-state index in [1.165, 1.54) is 0 Å². The maximum absolute atomic E-state index is 12.3. The lowest BCUT2D eigenvalue weighted by molar-refractivity contribution is 0.229. The van der Waals surface area contributed by atoms with E-state index in [1.807, 2.05) is 63.4 Å². The Labute approximate surface area is 216 Å². The van der Waals surface area contributed by atoms with E-state index in [1.54, 1.807) is 16.9 Å². The highest BCUT2D eigenvalue weighted by atomic mass is 16.5. The minimum Gasteiger partial charge on any atom is -0.494 e. The van der Waals surface area contributed by atoms with Gasteiger partial charge in [0.25, 0.3) is 0 Å². The smallest absolute Gasteiger partial charge is 0.324 e. The molecule has 0 radical (unpaired) electrons. The van der Waals surface area contributed by atoms with Crippen LogP contribution in [0.25, 0.3) is 16.5 Å². The number of methoxy groups -OCH3 is 1. The van der Waals surface area contributed by atoms with Gasteiger partial charge in [-0.05, 0) is 64.1 Å². The Kier molecular flexibility index (Phi) is 6.37. The van der Waals surface area contributed by atoms with E-state index in [2.05, 4.69) is 33.9 Å². The number of hydrogen-bond donors (Lipinski definition) is 1. The van der Waals surface area contributed by atoms with Crippen LogP contribution in [-0.4, -0.2) is 59.5 Å². The lowest BCUT2D eigenvalue weighted by Gasteiger charge is -2.16. The number of nitrogens with one attached hydrogen (secondary N) is 1. The topological polar surface area (TPSA) is 84.8 Å². The van der Waals surface area contributed by atoms with Crippen LogP contribution in [0.2, 0.25) is 0 Å². The third-order valence-electron chi connectivity index (χ3n) is 6.90. The average molecular weight is 501 g/mol. The van der Waals surface area contributed by atoms with E-state index < -0.39 is 0 Å². The van der Waals surface area contributed by atoms with Crippen molar-refractivity contribution < 1.29 is 14.3 Å². The third kappa shape index (κ3) is 4.20. The number of urea groups is 1. The number of anilines is 3. The second kappa shape index (κ2) is 9.65. The summed E-state index contributed by atoms with van der Waals surface area (Å²) in [6.45, 7) is 10.1. The Balaban J connectivity index is 1.54. The summed E-state index contributed by atoms with van der Waals surface area (Å²) < 4.78 is 13.6. The highest BCUT2D eigenvalue weighted by Crippen LogP contribution is 2.38. The summed E-state index contributed by atoms with van der Waals surface area (Å²) in [5, 5.41) is 14.5. The molecule has 0 saturated carbocycles. The molecule has 0 unspecified atom stereocenters. The van der Waals surface area contributed by atoms with Gasteiger partial charge in [-0.15, -0.1) is 5.10 Å². The molecule has 0 spiro atoms. The standard InChI is InChI=1S/C28H32N6O3/c1-7-37-22-12-13-23(24(16-22)36-6)34-18(3)25-17(2)30-31-27(26(25)19(34)4)29-20-8-10-21(11-9-20)33-15-14-32(5)28(33)35/h8-13,16H,7,14-15H2,1-6H3,(H,29,31). The number of nitrogens with zero attached hydrogens (tertiary/aromatic N) is 5. The van der Waals surface area contributed by atoms with E-state index in [4.69, 9.17) is 9.47 Å². The molecular formula is C28H32N6O3. The van der Waals surface area contributed by atoms with Crippen LogP contribution in [0.15, 0.2) is 42.5 Å². The van der Waals surface area contributed by atoms with E-state index in [9.17, 15) is 4.79 Å². The molecule has 3 heterocycles. The van der Waals surface area contributed by atoms with Crippen molar-refractivity contribution in [3.05, 3.63) is 59.5 Å². The first-order valence-electron chi connectivity index (χ1n) is 12.4. The molecule has 1 saturated heterocycles. The maximum Gasteiger partial charge on any atom is 0.324 e. The number of rotatable bonds is 7. The van der Waals surface area contributed by atoms with E-state index >= 15 is 0 Å². The number of carbonyl (C=O) groups excluding carboxylic acids is 1. The van der Waals surface area contributed by atoms with Gasteiger partial charge >= 0.3 is 6.03 Å². The van der Waals surface area contributed by atoms with Crippen LogP contribution in [0.3, 0.4) is 0 Å². The highest BCUT2D eigenvalue weighted by molar-refractivity contribution is 6.00. The van der Waals surface area contributed by atoms with Crippen molar-refractivity contribution in [1.29, 1.82) is 0 Å². The Bertz CT molecular complexity index is 1480. The summed E-state index contributed by atoms with van der Waals surface area (Å²) in [6, 6.07) is 13.7. The zero-order valence-corrected chi connectivity index (χ0v) is 22.1. The molecule has 1 aliphatic heterocycles. The number of ether oxygens (including phenoxy) is 2. The van der Waals surface area contributed by atoms with E-state index in [0.29, 0.717) is 19.0 Å². The molecule has 192 valence electrons. The van der Waals surface area contributed by atoms with Crippen molar-refractivity contribution in [3.63, 3.8) is 0 Å². The van der Waals surface area contributed by atoms with Crippen LogP contribution in [0, 0.1) is 20.8 Å². The number of likely N-dealkylation sites (N-methyl/N-ethyl adjacent to an activating group) is 1. The molecule has 4 aromatic rings. The summed E-state index contributed by atoms with van der Waals surface area (Å²) >= 11 is 0.